The van der Waals surface area contributed by atoms with Gasteiger partial charge in [0, 0.05) is 18.8 Å². The summed E-state index contributed by atoms with van der Waals surface area (Å²) in [7, 11) is 2.55. The Morgan fingerprint density at radius 2 is 2.12 bits per heavy atom. The third-order valence-electron chi connectivity index (χ3n) is 6.36. The van der Waals surface area contributed by atoms with Crippen LogP contribution >= 0.6 is 0 Å². The summed E-state index contributed by atoms with van der Waals surface area (Å²) in [5.74, 6) is 0.983. The van der Waals surface area contributed by atoms with Gasteiger partial charge in [-0.05, 0) is 44.6 Å². The summed E-state index contributed by atoms with van der Waals surface area (Å²) in [5.41, 5.74) is 4.26. The van der Waals surface area contributed by atoms with Crippen molar-refractivity contribution < 1.29 is 4.48 Å². The Kier molecular flexibility index (Phi) is 2.66. The molecule has 0 aromatic heterocycles. The average molecular weight is 234 g/mol. The lowest BCUT2D eigenvalue weighted by atomic mass is 9.72. The largest absolute Gasteiger partial charge is 0.317 e. The molecule has 0 radical (unpaired) electrons. The lowest BCUT2D eigenvalue weighted by Crippen LogP contribution is -2.67. The minimum absolute atomic E-state index is 0.510. The second kappa shape index (κ2) is 3.85. The van der Waals surface area contributed by atoms with Gasteiger partial charge in [-0.25, -0.2) is 0 Å². The maximum atomic E-state index is 2.58. The standard InChI is InChI=1S/C16H28N/c1-4-13-8-10-16(2)15-7-5-6-14(15)9-11-17(16,3)12-13/h13H,4-12H2,1-3H3/q+1/t13-,16-,17?/m1/s1. The van der Waals surface area contributed by atoms with Crippen LogP contribution in [0.15, 0.2) is 11.1 Å². The molecule has 0 bridgehead atoms. The van der Waals surface area contributed by atoms with Crippen molar-refractivity contribution in [1.82, 2.24) is 0 Å². The summed E-state index contributed by atoms with van der Waals surface area (Å²) in [6.45, 7) is 7.80. The summed E-state index contributed by atoms with van der Waals surface area (Å²) >= 11 is 0. The van der Waals surface area contributed by atoms with Crippen molar-refractivity contribution in [2.75, 3.05) is 20.1 Å². The molecule has 17 heavy (non-hydrogen) atoms. The number of rotatable bonds is 1. The van der Waals surface area contributed by atoms with Crippen LogP contribution in [-0.2, 0) is 0 Å². The van der Waals surface area contributed by atoms with Crippen LogP contribution in [0.25, 0.3) is 0 Å². The van der Waals surface area contributed by atoms with Crippen molar-refractivity contribution >= 4 is 0 Å². The minimum atomic E-state index is 0.510. The van der Waals surface area contributed by atoms with Crippen LogP contribution in [0.1, 0.15) is 58.8 Å². The van der Waals surface area contributed by atoms with Crippen molar-refractivity contribution in [1.29, 1.82) is 0 Å². The monoisotopic (exact) mass is 234 g/mol. The van der Waals surface area contributed by atoms with Crippen molar-refractivity contribution in [3.63, 3.8) is 0 Å². The molecule has 3 atom stereocenters. The highest BCUT2D eigenvalue weighted by molar-refractivity contribution is 5.30. The SMILES string of the molecule is CC[C@@H]1CC[C@]2(C)C3=C(CCC3)CC[N+]2(C)C1. The van der Waals surface area contributed by atoms with Crippen LogP contribution in [-0.4, -0.2) is 30.2 Å². The number of hydrogen-bond donors (Lipinski definition) is 0. The highest BCUT2D eigenvalue weighted by Crippen LogP contribution is 2.51. The molecule has 0 N–H and O–H groups in total. The molecular formula is C16H28N+. The summed E-state index contributed by atoms with van der Waals surface area (Å²) in [4.78, 5) is 0. The van der Waals surface area contributed by atoms with Crippen LogP contribution in [0.4, 0.5) is 0 Å². The van der Waals surface area contributed by atoms with Gasteiger partial charge in [0.05, 0.1) is 20.1 Å². The second-order valence-electron chi connectivity index (χ2n) is 7.07. The molecule has 1 saturated heterocycles. The molecule has 0 aromatic rings. The Morgan fingerprint density at radius 1 is 1.29 bits per heavy atom. The predicted octanol–water partition coefficient (Wildman–Crippen LogP) is 3.90. The first-order valence-electron chi connectivity index (χ1n) is 7.65. The molecule has 0 saturated carbocycles. The number of nitrogens with zero attached hydrogens (tertiary/aromatic N) is 1. The van der Waals surface area contributed by atoms with E-state index in [-0.39, 0.29) is 0 Å². The van der Waals surface area contributed by atoms with Gasteiger partial charge in [-0.2, -0.15) is 0 Å². The topological polar surface area (TPSA) is 0 Å². The second-order valence-corrected chi connectivity index (χ2v) is 7.07. The number of hydrogen-bond acceptors (Lipinski definition) is 0. The molecule has 3 aliphatic rings. The lowest BCUT2D eigenvalue weighted by molar-refractivity contribution is -0.961. The third kappa shape index (κ3) is 1.54. The Hall–Kier alpha value is -0.300. The highest BCUT2D eigenvalue weighted by Gasteiger charge is 2.54. The molecule has 0 spiro atoms. The smallest absolute Gasteiger partial charge is 0.118 e. The Bertz CT molecular complexity index is 357. The van der Waals surface area contributed by atoms with E-state index in [2.05, 4.69) is 20.9 Å². The van der Waals surface area contributed by atoms with Crippen LogP contribution in [0.2, 0.25) is 0 Å². The lowest BCUT2D eigenvalue weighted by Gasteiger charge is -2.57. The van der Waals surface area contributed by atoms with Crippen LogP contribution < -0.4 is 0 Å². The first-order chi connectivity index (χ1) is 8.09. The van der Waals surface area contributed by atoms with E-state index in [0.29, 0.717) is 5.54 Å². The minimum Gasteiger partial charge on any atom is -0.317 e. The number of fused-ring (bicyclic) bond motifs is 2. The average Bonchev–Trinajstić information content (AvgIpc) is 2.79. The molecule has 3 rings (SSSR count). The molecular weight excluding hydrogens is 206 g/mol. The maximum Gasteiger partial charge on any atom is 0.118 e. The van der Waals surface area contributed by atoms with E-state index in [0.717, 1.165) is 5.92 Å². The third-order valence-corrected chi connectivity index (χ3v) is 6.36. The van der Waals surface area contributed by atoms with Crippen LogP contribution in [0.5, 0.6) is 0 Å². The molecule has 2 aliphatic heterocycles. The fraction of sp³-hybridized carbons (Fsp3) is 0.875. The number of quaternary nitrogens is 1. The van der Waals surface area contributed by atoms with Crippen LogP contribution in [0.3, 0.4) is 0 Å². The first kappa shape index (κ1) is 11.8. The van der Waals surface area contributed by atoms with Crippen LogP contribution in [0, 0.1) is 5.92 Å². The van der Waals surface area contributed by atoms with E-state index in [9.17, 15) is 0 Å². The molecule has 1 nitrogen and oxygen atoms in total. The van der Waals surface area contributed by atoms with E-state index in [1.165, 1.54) is 62.5 Å². The Morgan fingerprint density at radius 3 is 2.88 bits per heavy atom. The fourth-order valence-corrected chi connectivity index (χ4v) is 4.88. The summed E-state index contributed by atoms with van der Waals surface area (Å²) in [5, 5.41) is 0. The highest BCUT2D eigenvalue weighted by atomic mass is 15.4. The predicted molar refractivity (Wildman–Crippen MR) is 72.8 cm³/mol. The van der Waals surface area contributed by atoms with Gasteiger partial charge < -0.3 is 4.48 Å². The number of likely N-dealkylation sites (N-methyl/N-ethyl adjacent to an activating group) is 1. The van der Waals surface area contributed by atoms with Gasteiger partial charge in [0.1, 0.15) is 5.54 Å². The molecule has 0 aromatic carbocycles. The van der Waals surface area contributed by atoms with Crippen molar-refractivity contribution in [2.24, 2.45) is 5.92 Å². The van der Waals surface area contributed by atoms with E-state index in [4.69, 9.17) is 0 Å². The van der Waals surface area contributed by atoms with E-state index < -0.39 is 0 Å². The Labute approximate surface area is 106 Å². The molecule has 1 heteroatoms. The van der Waals surface area contributed by atoms with E-state index in [1.807, 2.05) is 11.1 Å². The fourth-order valence-electron chi connectivity index (χ4n) is 4.88. The zero-order valence-corrected chi connectivity index (χ0v) is 11.9. The van der Waals surface area contributed by atoms with Gasteiger partial charge in [0.2, 0.25) is 0 Å². The maximum absolute atomic E-state index is 2.58. The van der Waals surface area contributed by atoms with Gasteiger partial charge >= 0.3 is 0 Å². The van der Waals surface area contributed by atoms with Crippen molar-refractivity contribution in [2.45, 2.75) is 64.3 Å². The summed E-state index contributed by atoms with van der Waals surface area (Å²) < 4.78 is 1.35. The summed E-state index contributed by atoms with van der Waals surface area (Å²) in [6, 6.07) is 0. The van der Waals surface area contributed by atoms with Gasteiger partial charge in [-0.1, -0.05) is 12.5 Å². The zero-order valence-electron chi connectivity index (χ0n) is 11.9. The Balaban J connectivity index is 1.96. The molecule has 96 valence electrons. The molecule has 1 aliphatic carbocycles. The van der Waals surface area contributed by atoms with Gasteiger partial charge in [-0.3, -0.25) is 0 Å². The molecule has 2 heterocycles. The molecule has 1 fully saturated rings. The molecule has 0 amide bonds. The zero-order chi connectivity index (χ0) is 12.1. The van der Waals surface area contributed by atoms with Gasteiger partial charge in [0.25, 0.3) is 0 Å². The van der Waals surface area contributed by atoms with Gasteiger partial charge in [-0.15, -0.1) is 0 Å². The normalized spacial score (nSPS) is 45.7. The van der Waals surface area contributed by atoms with E-state index >= 15 is 0 Å². The molecule has 1 unspecified atom stereocenters. The first-order valence-corrected chi connectivity index (χ1v) is 7.65. The summed E-state index contributed by atoms with van der Waals surface area (Å²) in [6.07, 6.45) is 9.97. The number of piperidine rings is 1. The van der Waals surface area contributed by atoms with Crippen molar-refractivity contribution in [3.8, 4) is 0 Å². The van der Waals surface area contributed by atoms with Crippen molar-refractivity contribution in [3.05, 3.63) is 11.1 Å². The quantitative estimate of drug-likeness (QED) is 0.477. The van der Waals surface area contributed by atoms with Gasteiger partial charge in [0.15, 0.2) is 0 Å². The van der Waals surface area contributed by atoms with E-state index in [1.54, 1.807) is 0 Å².